The Morgan fingerprint density at radius 1 is 1.30 bits per heavy atom. The minimum absolute atomic E-state index is 0.0195. The Kier molecular flexibility index (Phi) is 5.44. The number of rotatable bonds is 4. The molecular weight excluding hydrogens is 317 g/mol. The van der Waals surface area contributed by atoms with Gasteiger partial charge in [-0.15, -0.1) is 11.3 Å². The number of aromatic nitrogens is 1. The second-order valence-electron chi connectivity index (χ2n) is 5.18. The number of benzene rings is 1. The summed E-state index contributed by atoms with van der Waals surface area (Å²) in [5.74, 6) is -2.29. The highest BCUT2D eigenvalue weighted by Crippen LogP contribution is 2.22. The van der Waals surface area contributed by atoms with Crippen molar-refractivity contribution in [1.82, 2.24) is 10.3 Å². The fourth-order valence-corrected chi connectivity index (χ4v) is 2.90. The molecule has 1 unspecified atom stereocenters. The van der Waals surface area contributed by atoms with Crippen molar-refractivity contribution < 1.29 is 14.0 Å². The van der Waals surface area contributed by atoms with Crippen molar-refractivity contribution in [1.29, 1.82) is 0 Å². The first-order valence-electron chi connectivity index (χ1n) is 7.21. The molecule has 1 atom stereocenters. The van der Waals surface area contributed by atoms with Crippen LogP contribution in [-0.2, 0) is 9.59 Å². The third-order valence-corrected chi connectivity index (χ3v) is 4.26. The van der Waals surface area contributed by atoms with E-state index in [1.807, 2.05) is 13.8 Å². The van der Waals surface area contributed by atoms with Crippen molar-refractivity contribution in [3.63, 3.8) is 0 Å². The zero-order valence-electron chi connectivity index (χ0n) is 13.1. The highest BCUT2D eigenvalue weighted by atomic mass is 32.1. The first kappa shape index (κ1) is 17.1. The van der Waals surface area contributed by atoms with Gasteiger partial charge in [0.2, 0.25) is 0 Å². The van der Waals surface area contributed by atoms with E-state index in [1.165, 1.54) is 23.5 Å². The number of nitrogens with one attached hydrogen (secondary N) is 2. The molecule has 0 fully saturated rings. The van der Waals surface area contributed by atoms with Gasteiger partial charge in [-0.05, 0) is 38.0 Å². The van der Waals surface area contributed by atoms with Gasteiger partial charge in [-0.2, -0.15) is 0 Å². The standard InChI is InChI=1S/C16H18FN3O2S/c1-4-12(16-18-8-10(3)23-16)19-14(21)15(22)20-13-6-5-9(2)7-11(13)17/h5-8,12H,4H2,1-3H3,(H,19,21)(H,20,22). The van der Waals surface area contributed by atoms with E-state index in [9.17, 15) is 14.0 Å². The monoisotopic (exact) mass is 335 g/mol. The lowest BCUT2D eigenvalue weighted by atomic mass is 10.2. The summed E-state index contributed by atoms with van der Waals surface area (Å²) in [6.07, 6.45) is 2.32. The Bertz CT molecular complexity index is 730. The summed E-state index contributed by atoms with van der Waals surface area (Å²) in [5.41, 5.74) is 0.712. The first-order valence-corrected chi connectivity index (χ1v) is 8.02. The number of thiazole rings is 1. The lowest BCUT2D eigenvalue weighted by molar-refractivity contribution is -0.136. The molecule has 7 heteroatoms. The van der Waals surface area contributed by atoms with Crippen LogP contribution >= 0.6 is 11.3 Å². The maximum Gasteiger partial charge on any atom is 0.313 e. The molecule has 0 aliphatic carbocycles. The quantitative estimate of drug-likeness (QED) is 0.844. The largest absolute Gasteiger partial charge is 0.339 e. The molecule has 2 rings (SSSR count). The lowest BCUT2D eigenvalue weighted by Gasteiger charge is -2.14. The van der Waals surface area contributed by atoms with Gasteiger partial charge < -0.3 is 10.6 Å². The van der Waals surface area contributed by atoms with Crippen molar-refractivity contribution >= 4 is 28.8 Å². The van der Waals surface area contributed by atoms with Crippen LogP contribution in [0.5, 0.6) is 0 Å². The minimum Gasteiger partial charge on any atom is -0.339 e. The molecule has 1 aromatic carbocycles. The minimum atomic E-state index is -0.903. The number of carbonyl (C=O) groups is 2. The molecular formula is C16H18FN3O2S. The number of nitrogens with zero attached hydrogens (tertiary/aromatic N) is 1. The molecule has 0 radical (unpaired) electrons. The molecule has 0 bridgehead atoms. The third kappa shape index (κ3) is 4.35. The summed E-state index contributed by atoms with van der Waals surface area (Å²) in [7, 11) is 0. The van der Waals surface area contributed by atoms with Crippen molar-refractivity contribution in [2.45, 2.75) is 33.2 Å². The van der Waals surface area contributed by atoms with Gasteiger partial charge in [-0.3, -0.25) is 9.59 Å². The maximum atomic E-state index is 13.7. The van der Waals surface area contributed by atoms with Crippen LogP contribution in [0.15, 0.2) is 24.4 Å². The van der Waals surface area contributed by atoms with Crippen LogP contribution in [0.2, 0.25) is 0 Å². The fraction of sp³-hybridized carbons (Fsp3) is 0.312. The Morgan fingerprint density at radius 2 is 2.04 bits per heavy atom. The third-order valence-electron chi connectivity index (χ3n) is 3.23. The van der Waals surface area contributed by atoms with Crippen LogP contribution in [0.3, 0.4) is 0 Å². The summed E-state index contributed by atoms with van der Waals surface area (Å²) in [4.78, 5) is 29.2. The van der Waals surface area contributed by atoms with Gasteiger partial charge in [-0.1, -0.05) is 13.0 Å². The van der Waals surface area contributed by atoms with Crippen LogP contribution in [0.4, 0.5) is 10.1 Å². The topological polar surface area (TPSA) is 71.1 Å². The van der Waals surface area contributed by atoms with E-state index in [2.05, 4.69) is 15.6 Å². The molecule has 0 saturated carbocycles. The summed E-state index contributed by atoms with van der Waals surface area (Å²) in [5, 5.41) is 5.65. The summed E-state index contributed by atoms with van der Waals surface area (Å²) in [6, 6.07) is 4.04. The molecule has 23 heavy (non-hydrogen) atoms. The normalized spacial score (nSPS) is 11.8. The number of hydrogen-bond acceptors (Lipinski definition) is 4. The molecule has 0 saturated heterocycles. The number of amides is 2. The SMILES string of the molecule is CCC(NC(=O)C(=O)Nc1ccc(C)cc1F)c1ncc(C)s1. The smallest absolute Gasteiger partial charge is 0.313 e. The van der Waals surface area contributed by atoms with Gasteiger partial charge in [0.1, 0.15) is 10.8 Å². The van der Waals surface area contributed by atoms with E-state index in [-0.39, 0.29) is 11.7 Å². The van der Waals surface area contributed by atoms with Crippen molar-refractivity contribution in [2.24, 2.45) is 0 Å². The van der Waals surface area contributed by atoms with Gasteiger partial charge in [0.05, 0.1) is 11.7 Å². The van der Waals surface area contributed by atoms with Crippen LogP contribution in [0, 0.1) is 19.7 Å². The average molecular weight is 335 g/mol. The van der Waals surface area contributed by atoms with E-state index < -0.39 is 17.6 Å². The number of anilines is 1. The van der Waals surface area contributed by atoms with Crippen LogP contribution in [0.25, 0.3) is 0 Å². The second kappa shape index (κ2) is 7.32. The predicted octanol–water partition coefficient (Wildman–Crippen LogP) is 3.11. The van der Waals surface area contributed by atoms with Crippen LogP contribution in [0.1, 0.15) is 34.8 Å². The summed E-state index contributed by atoms with van der Waals surface area (Å²) >= 11 is 1.46. The Morgan fingerprint density at radius 3 is 2.61 bits per heavy atom. The molecule has 5 nitrogen and oxygen atoms in total. The Balaban J connectivity index is 2.03. The highest BCUT2D eigenvalue weighted by Gasteiger charge is 2.21. The van der Waals surface area contributed by atoms with Gasteiger partial charge in [0, 0.05) is 11.1 Å². The first-order chi connectivity index (χ1) is 10.9. The number of hydrogen-bond donors (Lipinski definition) is 2. The molecule has 2 aromatic rings. The lowest BCUT2D eigenvalue weighted by Crippen LogP contribution is -2.37. The zero-order chi connectivity index (χ0) is 17.0. The van der Waals surface area contributed by atoms with Gasteiger partial charge in [0.15, 0.2) is 0 Å². The second-order valence-corrected chi connectivity index (χ2v) is 6.45. The molecule has 122 valence electrons. The van der Waals surface area contributed by atoms with Gasteiger partial charge >= 0.3 is 11.8 Å². The molecule has 0 aliphatic rings. The Hall–Kier alpha value is -2.28. The van der Waals surface area contributed by atoms with E-state index in [0.29, 0.717) is 6.42 Å². The predicted molar refractivity (Wildman–Crippen MR) is 87.8 cm³/mol. The van der Waals surface area contributed by atoms with Gasteiger partial charge in [-0.25, -0.2) is 9.37 Å². The summed E-state index contributed by atoms with van der Waals surface area (Å²) < 4.78 is 13.7. The molecule has 2 amide bonds. The molecule has 0 spiro atoms. The maximum absolute atomic E-state index is 13.7. The molecule has 1 aromatic heterocycles. The van der Waals surface area contributed by atoms with E-state index >= 15 is 0 Å². The van der Waals surface area contributed by atoms with E-state index in [1.54, 1.807) is 19.2 Å². The average Bonchev–Trinajstić information content (AvgIpc) is 2.93. The number of halogens is 1. The zero-order valence-corrected chi connectivity index (χ0v) is 14.0. The highest BCUT2D eigenvalue weighted by molar-refractivity contribution is 7.11. The van der Waals surface area contributed by atoms with Crippen LogP contribution in [-0.4, -0.2) is 16.8 Å². The van der Waals surface area contributed by atoms with Gasteiger partial charge in [0.25, 0.3) is 0 Å². The van der Waals surface area contributed by atoms with Crippen molar-refractivity contribution in [3.8, 4) is 0 Å². The molecule has 2 N–H and O–H groups in total. The summed E-state index contributed by atoms with van der Waals surface area (Å²) in [6.45, 7) is 5.55. The van der Waals surface area contributed by atoms with Crippen LogP contribution < -0.4 is 10.6 Å². The van der Waals surface area contributed by atoms with Crippen molar-refractivity contribution in [3.05, 3.63) is 45.7 Å². The fourth-order valence-electron chi connectivity index (χ4n) is 2.00. The van der Waals surface area contributed by atoms with E-state index in [4.69, 9.17) is 0 Å². The van der Waals surface area contributed by atoms with Crippen molar-refractivity contribution in [2.75, 3.05) is 5.32 Å². The Labute approximate surface area is 137 Å². The molecule has 0 aliphatic heterocycles. The molecule has 1 heterocycles. The number of aryl methyl sites for hydroxylation is 2. The number of carbonyl (C=O) groups excluding carboxylic acids is 2. The van der Waals surface area contributed by atoms with E-state index in [0.717, 1.165) is 15.4 Å².